The monoisotopic (exact) mass is 357 g/mol. The fourth-order valence-electron chi connectivity index (χ4n) is 2.65. The van der Waals surface area contributed by atoms with E-state index in [-0.39, 0.29) is 19.2 Å². The average Bonchev–Trinajstić information content (AvgIpc) is 3.07. The molecule has 0 spiro atoms. The summed E-state index contributed by atoms with van der Waals surface area (Å²) in [6, 6.07) is 5.93. The van der Waals surface area contributed by atoms with E-state index in [1.807, 2.05) is 25.2 Å². The maximum Gasteiger partial charge on any atom is 0.231 e. The minimum absolute atomic E-state index is 0. The number of halogens is 2. The maximum absolute atomic E-state index is 6.35. The van der Waals surface area contributed by atoms with E-state index < -0.39 is 0 Å². The van der Waals surface area contributed by atoms with Crippen molar-refractivity contribution in [3.63, 3.8) is 0 Å². The Balaban J connectivity index is 0.00000192. The molecule has 126 valence electrons. The molecule has 1 aromatic carbocycles. The van der Waals surface area contributed by atoms with Crippen LogP contribution in [0.1, 0.15) is 36.6 Å². The van der Waals surface area contributed by atoms with E-state index in [9.17, 15) is 0 Å². The van der Waals surface area contributed by atoms with Crippen LogP contribution in [0.25, 0.3) is 0 Å². The highest BCUT2D eigenvalue weighted by atomic mass is 35.5. The molecule has 0 fully saturated rings. The smallest absolute Gasteiger partial charge is 0.231 e. The lowest BCUT2D eigenvalue weighted by Crippen LogP contribution is -2.14. The predicted octanol–water partition coefficient (Wildman–Crippen LogP) is 3.64. The number of benzene rings is 1. The molecular formula is C16H21Cl2N3O2. The van der Waals surface area contributed by atoms with Crippen molar-refractivity contribution in [3.05, 3.63) is 40.2 Å². The number of ether oxygens (including phenoxy) is 2. The second kappa shape index (κ2) is 7.43. The fourth-order valence-corrected chi connectivity index (χ4v) is 2.85. The van der Waals surface area contributed by atoms with E-state index in [0.29, 0.717) is 24.2 Å². The third kappa shape index (κ3) is 3.57. The van der Waals surface area contributed by atoms with Crippen LogP contribution in [0.2, 0.25) is 5.15 Å². The van der Waals surface area contributed by atoms with Crippen molar-refractivity contribution < 1.29 is 9.47 Å². The molecule has 0 radical (unpaired) electrons. The number of nitrogens with one attached hydrogen (secondary N) is 1. The minimum Gasteiger partial charge on any atom is -0.454 e. The topological polar surface area (TPSA) is 48.3 Å². The van der Waals surface area contributed by atoms with Crippen LogP contribution in [-0.2, 0) is 20.1 Å². The normalized spacial score (nSPS) is 12.6. The van der Waals surface area contributed by atoms with Gasteiger partial charge in [-0.2, -0.15) is 5.10 Å². The highest BCUT2D eigenvalue weighted by Crippen LogP contribution is 2.35. The highest BCUT2D eigenvalue weighted by Gasteiger charge is 2.19. The van der Waals surface area contributed by atoms with Crippen molar-refractivity contribution in [1.29, 1.82) is 0 Å². The van der Waals surface area contributed by atoms with E-state index in [0.717, 1.165) is 28.3 Å². The number of para-hydroxylation sites is 1. The molecule has 1 aliphatic rings. The number of fused-ring (bicyclic) bond motifs is 1. The van der Waals surface area contributed by atoms with Gasteiger partial charge in [-0.1, -0.05) is 37.6 Å². The molecule has 1 N–H and O–H groups in total. The predicted molar refractivity (Wildman–Crippen MR) is 92.7 cm³/mol. The van der Waals surface area contributed by atoms with E-state index >= 15 is 0 Å². The summed E-state index contributed by atoms with van der Waals surface area (Å²) in [5.41, 5.74) is 3.18. The summed E-state index contributed by atoms with van der Waals surface area (Å²) < 4.78 is 12.6. The number of nitrogens with zero attached hydrogens (tertiary/aromatic N) is 2. The lowest BCUT2D eigenvalue weighted by molar-refractivity contribution is 0.173. The zero-order chi connectivity index (χ0) is 15.7. The maximum atomic E-state index is 6.35. The van der Waals surface area contributed by atoms with Crippen LogP contribution in [-0.4, -0.2) is 16.6 Å². The quantitative estimate of drug-likeness (QED) is 0.887. The van der Waals surface area contributed by atoms with Gasteiger partial charge in [-0.15, -0.1) is 12.4 Å². The Morgan fingerprint density at radius 2 is 2.09 bits per heavy atom. The van der Waals surface area contributed by atoms with Crippen molar-refractivity contribution in [3.8, 4) is 11.5 Å². The van der Waals surface area contributed by atoms with Crippen molar-refractivity contribution in [2.45, 2.75) is 32.9 Å². The fraction of sp³-hybridized carbons (Fsp3) is 0.438. The Kier molecular flexibility index (Phi) is 5.79. The first-order valence-electron chi connectivity index (χ1n) is 7.37. The number of hydrogen-bond acceptors (Lipinski definition) is 4. The van der Waals surface area contributed by atoms with Gasteiger partial charge in [-0.3, -0.25) is 4.68 Å². The SMILES string of the molecule is CC(C)c1nn(C)c(Cl)c1CNCc1cccc2c1OCO2.Cl. The molecule has 5 nitrogen and oxygen atoms in total. The van der Waals surface area contributed by atoms with Gasteiger partial charge in [0.05, 0.1) is 5.69 Å². The Morgan fingerprint density at radius 1 is 1.30 bits per heavy atom. The second-order valence-electron chi connectivity index (χ2n) is 5.69. The molecule has 1 aromatic heterocycles. The van der Waals surface area contributed by atoms with E-state index in [1.54, 1.807) is 4.68 Å². The Labute approximate surface area is 147 Å². The zero-order valence-corrected chi connectivity index (χ0v) is 15.0. The molecule has 7 heteroatoms. The lowest BCUT2D eigenvalue weighted by atomic mass is 10.1. The van der Waals surface area contributed by atoms with Gasteiger partial charge in [0.15, 0.2) is 11.5 Å². The lowest BCUT2D eigenvalue weighted by Gasteiger charge is -2.09. The van der Waals surface area contributed by atoms with Gasteiger partial charge >= 0.3 is 0 Å². The van der Waals surface area contributed by atoms with Crippen LogP contribution in [0.3, 0.4) is 0 Å². The van der Waals surface area contributed by atoms with Crippen LogP contribution in [0.15, 0.2) is 18.2 Å². The first kappa shape index (κ1) is 17.9. The van der Waals surface area contributed by atoms with Crippen LogP contribution in [0, 0.1) is 0 Å². The van der Waals surface area contributed by atoms with Gasteiger partial charge in [0.25, 0.3) is 0 Å². The van der Waals surface area contributed by atoms with Gasteiger partial charge in [-0.25, -0.2) is 0 Å². The number of aryl methyl sites for hydroxylation is 1. The second-order valence-corrected chi connectivity index (χ2v) is 6.05. The molecule has 0 atom stereocenters. The summed E-state index contributed by atoms with van der Waals surface area (Å²) in [7, 11) is 1.87. The molecule has 0 saturated carbocycles. The van der Waals surface area contributed by atoms with E-state index in [2.05, 4.69) is 24.3 Å². The Morgan fingerprint density at radius 3 is 2.83 bits per heavy atom. The zero-order valence-electron chi connectivity index (χ0n) is 13.4. The third-order valence-electron chi connectivity index (χ3n) is 3.74. The molecule has 0 unspecified atom stereocenters. The molecule has 0 aliphatic carbocycles. The number of hydrogen-bond donors (Lipinski definition) is 1. The summed E-state index contributed by atoms with van der Waals surface area (Å²) >= 11 is 6.35. The summed E-state index contributed by atoms with van der Waals surface area (Å²) in [5, 5.41) is 8.61. The largest absolute Gasteiger partial charge is 0.454 e. The van der Waals surface area contributed by atoms with E-state index in [4.69, 9.17) is 21.1 Å². The van der Waals surface area contributed by atoms with E-state index in [1.165, 1.54) is 0 Å². The molecule has 2 heterocycles. The van der Waals surface area contributed by atoms with Crippen LogP contribution >= 0.6 is 24.0 Å². The number of aromatic nitrogens is 2. The summed E-state index contributed by atoms with van der Waals surface area (Å²) in [5.74, 6) is 1.98. The first-order chi connectivity index (χ1) is 10.6. The average molecular weight is 358 g/mol. The summed E-state index contributed by atoms with van der Waals surface area (Å²) in [6.45, 7) is 5.90. The van der Waals surface area contributed by atoms with Crippen molar-refractivity contribution in [1.82, 2.24) is 15.1 Å². The van der Waals surface area contributed by atoms with Crippen molar-refractivity contribution in [2.75, 3.05) is 6.79 Å². The minimum atomic E-state index is 0. The van der Waals surface area contributed by atoms with Gasteiger partial charge in [0.1, 0.15) is 5.15 Å². The number of rotatable bonds is 5. The Bertz CT molecular complexity index is 686. The van der Waals surface area contributed by atoms with Crippen LogP contribution in [0.4, 0.5) is 0 Å². The third-order valence-corrected chi connectivity index (χ3v) is 4.22. The molecule has 0 saturated heterocycles. The van der Waals surface area contributed by atoms with Crippen LogP contribution < -0.4 is 14.8 Å². The molecule has 23 heavy (non-hydrogen) atoms. The van der Waals surface area contributed by atoms with Crippen molar-refractivity contribution in [2.24, 2.45) is 7.05 Å². The highest BCUT2D eigenvalue weighted by molar-refractivity contribution is 6.30. The molecular weight excluding hydrogens is 337 g/mol. The standard InChI is InChI=1S/C16H20ClN3O2.ClH/c1-10(2)14-12(16(17)20(3)19-14)8-18-7-11-5-4-6-13-15(11)22-9-21-13;/h4-6,10,18H,7-9H2,1-3H3;1H. The van der Waals surface area contributed by atoms with Gasteiger partial charge in [0.2, 0.25) is 6.79 Å². The van der Waals surface area contributed by atoms with Crippen molar-refractivity contribution >= 4 is 24.0 Å². The summed E-state index contributed by atoms with van der Waals surface area (Å²) in [6.07, 6.45) is 0. The van der Waals surface area contributed by atoms with Gasteiger partial charge in [-0.05, 0) is 12.0 Å². The van der Waals surface area contributed by atoms with Crippen LogP contribution in [0.5, 0.6) is 11.5 Å². The Hall–Kier alpha value is -1.43. The van der Waals surface area contributed by atoms with Gasteiger partial charge in [0, 0.05) is 31.3 Å². The molecule has 2 aromatic rings. The molecule has 3 rings (SSSR count). The van der Waals surface area contributed by atoms with Gasteiger partial charge < -0.3 is 14.8 Å². The molecule has 1 aliphatic heterocycles. The first-order valence-corrected chi connectivity index (χ1v) is 7.75. The molecule has 0 bridgehead atoms. The molecule has 0 amide bonds. The summed E-state index contributed by atoms with van der Waals surface area (Å²) in [4.78, 5) is 0.